The molecular formula is C9H9BrN2O2S. The number of halogens is 1. The number of hydrogen-bond donors (Lipinski definition) is 0. The SMILES string of the molecule is CCOC(=O)c1sc2ncc(Br)n2c1C. The zero-order valence-corrected chi connectivity index (χ0v) is 10.7. The molecule has 0 aromatic carbocycles. The van der Waals surface area contributed by atoms with Crippen molar-refractivity contribution in [1.29, 1.82) is 0 Å². The number of fused-ring (bicyclic) bond motifs is 1. The topological polar surface area (TPSA) is 43.6 Å². The molecule has 2 aromatic heterocycles. The van der Waals surface area contributed by atoms with E-state index in [4.69, 9.17) is 4.74 Å². The van der Waals surface area contributed by atoms with E-state index < -0.39 is 0 Å². The van der Waals surface area contributed by atoms with Gasteiger partial charge in [-0.25, -0.2) is 9.78 Å². The van der Waals surface area contributed by atoms with Gasteiger partial charge >= 0.3 is 5.97 Å². The van der Waals surface area contributed by atoms with Gasteiger partial charge in [0, 0.05) is 5.69 Å². The lowest BCUT2D eigenvalue weighted by molar-refractivity contribution is 0.0531. The third kappa shape index (κ3) is 1.68. The minimum atomic E-state index is -0.280. The summed E-state index contributed by atoms with van der Waals surface area (Å²) in [7, 11) is 0. The molecule has 0 atom stereocenters. The van der Waals surface area contributed by atoms with Crippen LogP contribution in [0.2, 0.25) is 0 Å². The lowest BCUT2D eigenvalue weighted by Gasteiger charge is -1.99. The third-order valence-electron chi connectivity index (χ3n) is 2.00. The largest absolute Gasteiger partial charge is 0.462 e. The highest BCUT2D eigenvalue weighted by Gasteiger charge is 2.18. The summed E-state index contributed by atoms with van der Waals surface area (Å²) >= 11 is 4.71. The van der Waals surface area contributed by atoms with Crippen LogP contribution in [-0.2, 0) is 4.74 Å². The standard InChI is InChI=1S/C9H9BrN2O2S/c1-3-14-8(13)7-5(2)12-6(10)4-11-9(12)15-7/h4H,3H2,1-2H3. The van der Waals surface area contributed by atoms with Crippen molar-refractivity contribution < 1.29 is 9.53 Å². The van der Waals surface area contributed by atoms with Crippen molar-refractivity contribution in [2.75, 3.05) is 6.61 Å². The van der Waals surface area contributed by atoms with E-state index in [1.54, 1.807) is 13.1 Å². The van der Waals surface area contributed by atoms with Crippen LogP contribution in [0.4, 0.5) is 0 Å². The fourth-order valence-corrected chi connectivity index (χ4v) is 2.99. The molecule has 0 aliphatic heterocycles. The van der Waals surface area contributed by atoms with Crippen LogP contribution in [0.5, 0.6) is 0 Å². The van der Waals surface area contributed by atoms with Crippen LogP contribution in [0.3, 0.4) is 0 Å². The Morgan fingerprint density at radius 3 is 3.07 bits per heavy atom. The molecule has 0 saturated heterocycles. The normalized spacial score (nSPS) is 10.9. The van der Waals surface area contributed by atoms with Crippen LogP contribution in [-0.4, -0.2) is 22.0 Å². The summed E-state index contributed by atoms with van der Waals surface area (Å²) in [5.74, 6) is -0.280. The van der Waals surface area contributed by atoms with Crippen molar-refractivity contribution in [2.24, 2.45) is 0 Å². The fourth-order valence-electron chi connectivity index (χ4n) is 1.34. The molecule has 15 heavy (non-hydrogen) atoms. The van der Waals surface area contributed by atoms with Gasteiger partial charge in [0.25, 0.3) is 0 Å². The lowest BCUT2D eigenvalue weighted by atomic mass is 10.4. The Labute approximate surface area is 99.0 Å². The number of thiazole rings is 1. The molecule has 0 spiro atoms. The number of carbonyl (C=O) groups excluding carboxylic acids is 1. The monoisotopic (exact) mass is 288 g/mol. The van der Waals surface area contributed by atoms with Gasteiger partial charge < -0.3 is 4.74 Å². The van der Waals surface area contributed by atoms with E-state index in [1.165, 1.54) is 11.3 Å². The van der Waals surface area contributed by atoms with E-state index in [2.05, 4.69) is 20.9 Å². The van der Waals surface area contributed by atoms with Crippen molar-refractivity contribution in [1.82, 2.24) is 9.38 Å². The zero-order valence-electron chi connectivity index (χ0n) is 8.28. The molecule has 0 aliphatic carbocycles. The summed E-state index contributed by atoms with van der Waals surface area (Å²) in [4.78, 5) is 17.2. The van der Waals surface area contributed by atoms with Crippen LogP contribution >= 0.6 is 27.3 Å². The summed E-state index contributed by atoms with van der Waals surface area (Å²) in [6, 6.07) is 0. The van der Waals surface area contributed by atoms with Crippen LogP contribution in [0.25, 0.3) is 4.96 Å². The van der Waals surface area contributed by atoms with Crippen molar-refractivity contribution in [3.05, 3.63) is 21.4 Å². The molecule has 0 unspecified atom stereocenters. The summed E-state index contributed by atoms with van der Waals surface area (Å²) in [6.07, 6.45) is 1.72. The number of aromatic nitrogens is 2. The highest BCUT2D eigenvalue weighted by molar-refractivity contribution is 9.10. The minimum absolute atomic E-state index is 0.280. The maximum atomic E-state index is 11.6. The second-order valence-electron chi connectivity index (χ2n) is 2.94. The number of esters is 1. The van der Waals surface area contributed by atoms with E-state index in [1.807, 2.05) is 11.3 Å². The average molecular weight is 289 g/mol. The maximum absolute atomic E-state index is 11.6. The predicted octanol–water partition coefficient (Wildman–Crippen LogP) is 2.64. The lowest BCUT2D eigenvalue weighted by Crippen LogP contribution is -2.04. The van der Waals surface area contributed by atoms with Crippen molar-refractivity contribution in [3.8, 4) is 0 Å². The first-order valence-corrected chi connectivity index (χ1v) is 6.05. The van der Waals surface area contributed by atoms with E-state index >= 15 is 0 Å². The molecule has 2 heterocycles. The van der Waals surface area contributed by atoms with Crippen molar-refractivity contribution in [2.45, 2.75) is 13.8 Å². The molecule has 80 valence electrons. The van der Waals surface area contributed by atoms with Gasteiger partial charge in [-0.2, -0.15) is 0 Å². The summed E-state index contributed by atoms with van der Waals surface area (Å²) < 4.78 is 7.70. The third-order valence-corrected chi connectivity index (χ3v) is 3.70. The van der Waals surface area contributed by atoms with E-state index in [9.17, 15) is 4.79 Å². The van der Waals surface area contributed by atoms with Gasteiger partial charge in [-0.1, -0.05) is 11.3 Å². The Bertz CT molecular complexity index is 517. The summed E-state index contributed by atoms with van der Waals surface area (Å²) in [6.45, 7) is 4.06. The van der Waals surface area contributed by atoms with Gasteiger partial charge in [0.05, 0.1) is 12.8 Å². The van der Waals surface area contributed by atoms with Gasteiger partial charge in [-0.3, -0.25) is 4.40 Å². The number of carbonyl (C=O) groups is 1. The number of hydrogen-bond acceptors (Lipinski definition) is 4. The smallest absolute Gasteiger partial charge is 0.350 e. The molecule has 0 saturated carbocycles. The number of nitrogens with zero attached hydrogens (tertiary/aromatic N) is 2. The molecule has 0 aliphatic rings. The number of aryl methyl sites for hydroxylation is 1. The highest BCUT2D eigenvalue weighted by Crippen LogP contribution is 2.26. The Balaban J connectivity index is 2.53. The quantitative estimate of drug-likeness (QED) is 0.798. The first-order chi connectivity index (χ1) is 7.15. The van der Waals surface area contributed by atoms with Crippen molar-refractivity contribution >= 4 is 38.2 Å². The first-order valence-electron chi connectivity index (χ1n) is 4.44. The molecular weight excluding hydrogens is 280 g/mol. The molecule has 6 heteroatoms. The van der Waals surface area contributed by atoms with Crippen LogP contribution in [0, 0.1) is 6.92 Å². The number of rotatable bonds is 2. The van der Waals surface area contributed by atoms with E-state index in [0.29, 0.717) is 11.5 Å². The van der Waals surface area contributed by atoms with Crippen LogP contribution < -0.4 is 0 Å². The highest BCUT2D eigenvalue weighted by atomic mass is 79.9. The zero-order chi connectivity index (χ0) is 11.0. The Morgan fingerprint density at radius 2 is 2.47 bits per heavy atom. The molecule has 2 rings (SSSR count). The Hall–Kier alpha value is -0.880. The molecule has 4 nitrogen and oxygen atoms in total. The maximum Gasteiger partial charge on any atom is 0.350 e. The van der Waals surface area contributed by atoms with Gasteiger partial charge in [-0.15, -0.1) is 0 Å². The van der Waals surface area contributed by atoms with Crippen LogP contribution in [0.1, 0.15) is 22.3 Å². The van der Waals surface area contributed by atoms with E-state index in [0.717, 1.165) is 15.3 Å². The van der Waals surface area contributed by atoms with Gasteiger partial charge in [0.1, 0.15) is 9.48 Å². The van der Waals surface area contributed by atoms with Crippen molar-refractivity contribution in [3.63, 3.8) is 0 Å². The molecule has 0 radical (unpaired) electrons. The Kier molecular flexibility index (Phi) is 2.79. The number of imidazole rings is 1. The van der Waals surface area contributed by atoms with Gasteiger partial charge in [-0.05, 0) is 29.8 Å². The predicted molar refractivity (Wildman–Crippen MR) is 61.5 cm³/mol. The molecule has 2 aromatic rings. The summed E-state index contributed by atoms with van der Waals surface area (Å²) in [5.41, 5.74) is 0.859. The Morgan fingerprint density at radius 1 is 1.73 bits per heavy atom. The van der Waals surface area contributed by atoms with Gasteiger partial charge in [0.2, 0.25) is 0 Å². The molecule has 0 fully saturated rings. The van der Waals surface area contributed by atoms with E-state index in [-0.39, 0.29) is 5.97 Å². The van der Waals surface area contributed by atoms with Crippen LogP contribution in [0.15, 0.2) is 10.8 Å². The first kappa shape index (κ1) is 10.6. The second-order valence-corrected chi connectivity index (χ2v) is 4.73. The molecule has 0 bridgehead atoms. The minimum Gasteiger partial charge on any atom is -0.462 e. The molecule has 0 N–H and O–H groups in total. The van der Waals surface area contributed by atoms with Gasteiger partial charge in [0.15, 0.2) is 4.96 Å². The fraction of sp³-hybridized carbons (Fsp3) is 0.333. The molecule has 0 amide bonds. The average Bonchev–Trinajstić information content (AvgIpc) is 2.70. The second kappa shape index (κ2) is 3.94. The summed E-state index contributed by atoms with van der Waals surface area (Å²) in [5, 5.41) is 0. The number of ether oxygens (including phenoxy) is 1.